The maximum absolute atomic E-state index is 4.60. The summed E-state index contributed by atoms with van der Waals surface area (Å²) in [7, 11) is 0. The summed E-state index contributed by atoms with van der Waals surface area (Å²) in [5.74, 6) is 0.846. The summed E-state index contributed by atoms with van der Waals surface area (Å²) >= 11 is 0. The Labute approximate surface area is 156 Å². The van der Waals surface area contributed by atoms with E-state index in [4.69, 9.17) is 0 Å². The van der Waals surface area contributed by atoms with Gasteiger partial charge in [-0.2, -0.15) is 0 Å². The number of aromatic nitrogens is 3. The van der Waals surface area contributed by atoms with Crippen molar-refractivity contribution in [1.82, 2.24) is 14.5 Å². The number of hydrogen-bond donors (Lipinski definition) is 0. The van der Waals surface area contributed by atoms with E-state index < -0.39 is 0 Å². The van der Waals surface area contributed by atoms with Gasteiger partial charge in [0.25, 0.3) is 0 Å². The van der Waals surface area contributed by atoms with Gasteiger partial charge in [-0.1, -0.05) is 13.8 Å². The molecule has 0 aromatic carbocycles. The zero-order chi connectivity index (χ0) is 11.8. The molecule has 18 heavy (non-hydrogen) atoms. The van der Waals surface area contributed by atoms with Crippen LogP contribution in [0.4, 0.5) is 5.82 Å². The van der Waals surface area contributed by atoms with Gasteiger partial charge in [0.1, 0.15) is 0 Å². The molecule has 0 amide bonds. The van der Waals surface area contributed by atoms with Crippen molar-refractivity contribution < 1.29 is 58.2 Å². The van der Waals surface area contributed by atoms with E-state index in [1.807, 2.05) is 0 Å². The first-order valence-electron chi connectivity index (χ1n) is 6.29. The smallest absolute Gasteiger partial charge is 0.461 e. The van der Waals surface area contributed by atoms with Crippen molar-refractivity contribution in [3.05, 3.63) is 23.4 Å². The molecule has 0 saturated heterocycles. The van der Waals surface area contributed by atoms with E-state index in [0.717, 1.165) is 29.8 Å². The molecule has 0 atom stereocenters. The Bertz CT molecular complexity index is 547. The fourth-order valence-electron chi connectivity index (χ4n) is 2.50. The van der Waals surface area contributed by atoms with Crippen molar-refractivity contribution in [3.8, 4) is 0 Å². The predicted octanol–water partition coefficient (Wildman–Crippen LogP) is 0.185. The van der Waals surface area contributed by atoms with Gasteiger partial charge >= 0.3 is 58.2 Å². The van der Waals surface area contributed by atoms with Gasteiger partial charge in [0.15, 0.2) is 0 Å². The predicted molar refractivity (Wildman–Crippen MR) is 68.6 cm³/mol. The molecule has 0 saturated carbocycles. The molecule has 3 heterocycles. The zero-order valence-electron chi connectivity index (χ0n) is 11.3. The summed E-state index contributed by atoms with van der Waals surface area (Å²) in [5.41, 5.74) is 3.54. The van der Waals surface area contributed by atoms with Crippen molar-refractivity contribution in [3.63, 3.8) is 0 Å². The van der Waals surface area contributed by atoms with Gasteiger partial charge in [0, 0.05) is 18.6 Å². The van der Waals surface area contributed by atoms with Crippen molar-refractivity contribution in [2.75, 3.05) is 0 Å². The maximum Gasteiger partial charge on any atom is 1.00 e. The number of fused-ring (bicyclic) bond motifs is 3. The van der Waals surface area contributed by atoms with Gasteiger partial charge < -0.3 is 14.9 Å². The molecule has 1 aliphatic rings. The van der Waals surface area contributed by atoms with Crippen LogP contribution >= 0.6 is 0 Å². The monoisotopic (exact) mass is 314 g/mol. The minimum absolute atomic E-state index is 0. The average molecular weight is 315 g/mol. The van der Waals surface area contributed by atoms with E-state index in [-0.39, 0.29) is 64.2 Å². The fraction of sp³-hybridized carbons (Fsp3) is 0.538. The summed E-state index contributed by atoms with van der Waals surface area (Å²) in [6.45, 7) is 5.23. The van der Waals surface area contributed by atoms with Crippen LogP contribution in [0.5, 0.6) is 0 Å². The molecule has 2 aromatic rings. The molecule has 90 valence electrons. The van der Waals surface area contributed by atoms with Crippen LogP contribution in [0.2, 0.25) is 0 Å². The summed E-state index contributed by atoms with van der Waals surface area (Å²) in [6, 6.07) is 2.46. The fourth-order valence-corrected chi connectivity index (χ4v) is 2.50. The third-order valence-corrected chi connectivity index (χ3v) is 3.20. The van der Waals surface area contributed by atoms with Gasteiger partial charge in [0.2, 0.25) is 0 Å². The molecule has 0 unspecified atom stereocenters. The second-order valence-electron chi connectivity index (χ2n) is 4.90. The SMILES string of the molecule is CC(C)[N-]c1ncnc2cc3n(c12)CCCC3.[Rb+]. The Morgan fingerprint density at radius 3 is 2.89 bits per heavy atom. The molecule has 0 radical (unpaired) electrons. The first-order valence-corrected chi connectivity index (χ1v) is 6.29. The maximum atomic E-state index is 4.60. The van der Waals surface area contributed by atoms with Crippen LogP contribution in [0.15, 0.2) is 12.4 Å². The first-order chi connectivity index (χ1) is 8.25. The third kappa shape index (κ3) is 2.71. The molecule has 0 fully saturated rings. The van der Waals surface area contributed by atoms with Gasteiger partial charge in [0.05, 0.1) is 11.0 Å². The molecular formula is C13H17N4Rb. The van der Waals surface area contributed by atoms with E-state index in [1.54, 1.807) is 6.33 Å². The molecule has 3 rings (SSSR count). The van der Waals surface area contributed by atoms with Crippen LogP contribution in [0.25, 0.3) is 16.4 Å². The van der Waals surface area contributed by atoms with Gasteiger partial charge in [-0.3, -0.25) is 4.98 Å². The largest absolute Gasteiger partial charge is 1.00 e. The number of rotatable bonds is 2. The first kappa shape index (κ1) is 14.6. The summed E-state index contributed by atoms with van der Waals surface area (Å²) in [5, 5.41) is 4.60. The quantitative estimate of drug-likeness (QED) is 0.794. The van der Waals surface area contributed by atoms with E-state index in [0.29, 0.717) is 0 Å². The Hall–Kier alpha value is 0.225. The second kappa shape index (κ2) is 6.12. The molecule has 1 aliphatic heterocycles. The van der Waals surface area contributed by atoms with Crippen LogP contribution < -0.4 is 58.2 Å². The van der Waals surface area contributed by atoms with Crippen LogP contribution in [0.1, 0.15) is 32.4 Å². The molecule has 0 bridgehead atoms. The molecule has 0 spiro atoms. The second-order valence-corrected chi connectivity index (χ2v) is 4.90. The van der Waals surface area contributed by atoms with Crippen molar-refractivity contribution >= 4 is 16.9 Å². The van der Waals surface area contributed by atoms with E-state index >= 15 is 0 Å². The van der Waals surface area contributed by atoms with E-state index in [9.17, 15) is 0 Å². The molecule has 0 N–H and O–H groups in total. The summed E-state index contributed by atoms with van der Waals surface area (Å²) in [4.78, 5) is 8.69. The van der Waals surface area contributed by atoms with Gasteiger partial charge in [-0.25, -0.2) is 0 Å². The minimum Gasteiger partial charge on any atom is -0.461 e. The topological polar surface area (TPSA) is 44.8 Å². The van der Waals surface area contributed by atoms with E-state index in [1.165, 1.54) is 18.5 Å². The van der Waals surface area contributed by atoms with Crippen LogP contribution in [0.3, 0.4) is 0 Å². The third-order valence-electron chi connectivity index (χ3n) is 3.20. The van der Waals surface area contributed by atoms with Crippen LogP contribution in [-0.4, -0.2) is 20.6 Å². The van der Waals surface area contributed by atoms with Crippen molar-refractivity contribution in [1.29, 1.82) is 0 Å². The standard InChI is InChI=1S/C13H17N4.Rb/c1-9(2)16-13-12-11(14-8-15-13)7-10-5-3-4-6-17(10)12;/h7-9H,3-6H2,1-2H3;/q-1;+1. The minimum atomic E-state index is 0. The van der Waals surface area contributed by atoms with Gasteiger partial charge in [-0.05, 0) is 37.2 Å². The molecule has 5 heteroatoms. The molecule has 0 aliphatic carbocycles. The Morgan fingerprint density at radius 1 is 1.28 bits per heavy atom. The zero-order valence-corrected chi connectivity index (χ0v) is 16.3. The van der Waals surface area contributed by atoms with Gasteiger partial charge in [-0.15, -0.1) is 0 Å². The van der Waals surface area contributed by atoms with E-state index in [2.05, 4.69) is 39.8 Å². The molecule has 4 nitrogen and oxygen atoms in total. The molecular weight excluding hydrogens is 298 g/mol. The molecule has 2 aromatic heterocycles. The van der Waals surface area contributed by atoms with Crippen molar-refractivity contribution in [2.45, 2.75) is 45.7 Å². The van der Waals surface area contributed by atoms with Crippen LogP contribution in [-0.2, 0) is 13.0 Å². The average Bonchev–Trinajstić information content (AvgIpc) is 2.67. The normalized spacial score (nSPS) is 14.4. The Morgan fingerprint density at radius 2 is 2.11 bits per heavy atom. The Kier molecular flexibility index (Phi) is 4.97. The van der Waals surface area contributed by atoms with Crippen molar-refractivity contribution in [2.24, 2.45) is 0 Å². The van der Waals surface area contributed by atoms with Crippen LogP contribution in [0, 0.1) is 0 Å². The Balaban J connectivity index is 0.00000120. The number of nitrogens with zero attached hydrogens (tertiary/aromatic N) is 4. The number of hydrogen-bond acceptors (Lipinski definition) is 2. The summed E-state index contributed by atoms with van der Waals surface area (Å²) < 4.78 is 2.35. The summed E-state index contributed by atoms with van der Waals surface area (Å²) in [6.07, 6.45) is 5.29. The number of aryl methyl sites for hydroxylation is 2.